The van der Waals surface area contributed by atoms with Crippen LogP contribution in [0.2, 0.25) is 0 Å². The molecule has 0 saturated carbocycles. The van der Waals surface area contributed by atoms with E-state index in [1.54, 1.807) is 0 Å². The molecule has 1 nitrogen and oxygen atoms in total. The van der Waals surface area contributed by atoms with Gasteiger partial charge in [0.05, 0.1) is 5.41 Å². The highest BCUT2D eigenvalue weighted by Gasteiger charge is 2.46. The molecule has 2 aliphatic carbocycles. The molecule has 0 bridgehead atoms. The van der Waals surface area contributed by atoms with E-state index in [9.17, 15) is 4.57 Å². The standard InChI is InChI=1S/C54H37OP/c1-36-35-54(48-24-12-10-19-43(36)48)49-25-13-11-22-46(49)52-45-21-9-8-20-44(45)51(47-23-14-26-50(54)53(47)52)39-29-27-37(28-30-39)38-31-33-42(34-32-38)56(55,40-15-4-2-5-16-40)41-17-6-3-7-18-41/h2-35H,1H3. The summed E-state index contributed by atoms with van der Waals surface area (Å²) in [5, 5.41) is 7.66. The van der Waals surface area contributed by atoms with Gasteiger partial charge in [0.1, 0.15) is 0 Å². The molecular formula is C54H37OP. The first kappa shape index (κ1) is 32.9. The lowest BCUT2D eigenvalue weighted by Crippen LogP contribution is -2.29. The van der Waals surface area contributed by atoms with Crippen molar-refractivity contribution in [3.05, 3.63) is 229 Å². The second-order valence-corrected chi connectivity index (χ2v) is 17.9. The van der Waals surface area contributed by atoms with Gasteiger partial charge >= 0.3 is 0 Å². The van der Waals surface area contributed by atoms with Crippen molar-refractivity contribution < 1.29 is 4.57 Å². The van der Waals surface area contributed by atoms with Gasteiger partial charge in [-0.05, 0) is 89.7 Å². The molecule has 56 heavy (non-hydrogen) atoms. The molecule has 1 atom stereocenters. The summed E-state index contributed by atoms with van der Waals surface area (Å²) in [7, 11) is -3.04. The number of fused-ring (bicyclic) bond motifs is 8. The van der Waals surface area contributed by atoms with Crippen molar-refractivity contribution in [3.63, 3.8) is 0 Å². The van der Waals surface area contributed by atoms with Gasteiger partial charge in [0.15, 0.2) is 7.14 Å². The van der Waals surface area contributed by atoms with E-state index in [0.717, 1.165) is 27.0 Å². The van der Waals surface area contributed by atoms with Gasteiger partial charge in [-0.1, -0.05) is 206 Å². The third kappa shape index (κ3) is 4.59. The van der Waals surface area contributed by atoms with E-state index in [0.29, 0.717) is 0 Å². The van der Waals surface area contributed by atoms with Crippen LogP contribution in [0.25, 0.3) is 60.5 Å². The number of allylic oxidation sites excluding steroid dienone is 2. The SMILES string of the molecule is CC1=CC2(c3ccccc31)c1ccccc1-c1c3ccccc3c(-c3ccc(-c4ccc(P(=O)(c5ccccc5)c5ccccc5)cc4)cc3)c3cccc2c13. The Bertz CT molecular complexity index is 3040. The van der Waals surface area contributed by atoms with E-state index >= 15 is 0 Å². The van der Waals surface area contributed by atoms with Crippen molar-refractivity contribution >= 4 is 50.2 Å². The van der Waals surface area contributed by atoms with E-state index in [1.807, 2.05) is 60.7 Å². The van der Waals surface area contributed by atoms with Gasteiger partial charge in [-0.2, -0.15) is 0 Å². The molecule has 1 spiro atoms. The number of hydrogen-bond donors (Lipinski definition) is 0. The van der Waals surface area contributed by atoms with Gasteiger partial charge in [0.25, 0.3) is 0 Å². The summed E-state index contributed by atoms with van der Waals surface area (Å²) in [6, 6.07) is 71.1. The van der Waals surface area contributed by atoms with Gasteiger partial charge in [0.2, 0.25) is 0 Å². The molecule has 0 heterocycles. The highest BCUT2D eigenvalue weighted by atomic mass is 31.2. The molecule has 264 valence electrons. The van der Waals surface area contributed by atoms with Gasteiger partial charge in [0, 0.05) is 15.9 Å². The van der Waals surface area contributed by atoms with Crippen molar-refractivity contribution in [1.29, 1.82) is 0 Å². The maximum absolute atomic E-state index is 15.0. The Labute approximate surface area is 327 Å². The monoisotopic (exact) mass is 732 g/mol. The minimum absolute atomic E-state index is 0.371. The van der Waals surface area contributed by atoms with Crippen LogP contribution in [0.3, 0.4) is 0 Å². The maximum Gasteiger partial charge on any atom is 0.171 e. The fourth-order valence-electron chi connectivity index (χ4n) is 9.85. The van der Waals surface area contributed by atoms with Crippen LogP contribution >= 0.6 is 7.14 Å². The molecule has 2 aliphatic rings. The average molecular weight is 733 g/mol. The summed E-state index contributed by atoms with van der Waals surface area (Å²) < 4.78 is 15.0. The molecule has 2 heteroatoms. The Kier molecular flexibility index (Phi) is 7.34. The predicted octanol–water partition coefficient (Wildman–Crippen LogP) is 12.7. The van der Waals surface area contributed by atoms with Crippen LogP contribution in [-0.4, -0.2) is 0 Å². The summed E-state index contributed by atoms with van der Waals surface area (Å²) in [5.74, 6) is 0. The Balaban J connectivity index is 1.07. The number of benzene rings is 9. The van der Waals surface area contributed by atoms with E-state index in [4.69, 9.17) is 0 Å². The summed E-state index contributed by atoms with van der Waals surface area (Å²) in [4.78, 5) is 0. The zero-order valence-electron chi connectivity index (χ0n) is 31.0. The minimum atomic E-state index is -3.04. The van der Waals surface area contributed by atoms with Crippen molar-refractivity contribution in [3.8, 4) is 33.4 Å². The summed E-state index contributed by atoms with van der Waals surface area (Å²) >= 11 is 0. The molecule has 9 aromatic rings. The zero-order chi connectivity index (χ0) is 37.4. The molecule has 1 unspecified atom stereocenters. The van der Waals surface area contributed by atoms with Crippen LogP contribution in [0.4, 0.5) is 0 Å². The van der Waals surface area contributed by atoms with Crippen molar-refractivity contribution in [2.45, 2.75) is 12.3 Å². The first-order chi connectivity index (χ1) is 27.6. The Morgan fingerprint density at radius 2 is 0.821 bits per heavy atom. The average Bonchev–Trinajstić information content (AvgIpc) is 3.57. The summed E-state index contributed by atoms with van der Waals surface area (Å²) in [6.45, 7) is 2.26. The van der Waals surface area contributed by atoms with Gasteiger partial charge in [-0.3, -0.25) is 0 Å². The van der Waals surface area contributed by atoms with Crippen LogP contribution in [0, 0.1) is 0 Å². The Morgan fingerprint density at radius 1 is 0.375 bits per heavy atom. The minimum Gasteiger partial charge on any atom is -0.309 e. The predicted molar refractivity (Wildman–Crippen MR) is 237 cm³/mol. The van der Waals surface area contributed by atoms with Crippen LogP contribution in [0.1, 0.15) is 29.2 Å². The molecule has 0 aliphatic heterocycles. The van der Waals surface area contributed by atoms with Crippen molar-refractivity contribution in [2.24, 2.45) is 0 Å². The van der Waals surface area contributed by atoms with Gasteiger partial charge in [-0.15, -0.1) is 0 Å². The lowest BCUT2D eigenvalue weighted by atomic mass is 9.63. The molecule has 0 N–H and O–H groups in total. The van der Waals surface area contributed by atoms with E-state index < -0.39 is 7.14 Å². The van der Waals surface area contributed by atoms with E-state index in [2.05, 4.69) is 153 Å². The summed E-state index contributed by atoms with van der Waals surface area (Å²) in [6.07, 6.45) is 2.52. The number of hydrogen-bond acceptors (Lipinski definition) is 1. The van der Waals surface area contributed by atoms with Crippen LogP contribution in [-0.2, 0) is 9.98 Å². The molecule has 0 fully saturated rings. The van der Waals surface area contributed by atoms with Gasteiger partial charge in [-0.25, -0.2) is 0 Å². The third-order valence-electron chi connectivity index (χ3n) is 12.3. The smallest absolute Gasteiger partial charge is 0.171 e. The lowest BCUT2D eigenvalue weighted by molar-refractivity contribution is 0.592. The normalized spacial score (nSPS) is 15.5. The first-order valence-electron chi connectivity index (χ1n) is 19.4. The second kappa shape index (κ2) is 12.5. The quantitative estimate of drug-likeness (QED) is 0.127. The van der Waals surface area contributed by atoms with Crippen LogP contribution in [0.15, 0.2) is 206 Å². The van der Waals surface area contributed by atoms with Crippen molar-refractivity contribution in [1.82, 2.24) is 0 Å². The molecule has 9 aromatic carbocycles. The largest absolute Gasteiger partial charge is 0.309 e. The molecule has 0 radical (unpaired) electrons. The molecule has 0 amide bonds. The highest BCUT2D eigenvalue weighted by molar-refractivity contribution is 7.85. The fraction of sp³-hybridized carbons (Fsp3) is 0.0370. The molecule has 0 aromatic heterocycles. The highest BCUT2D eigenvalue weighted by Crippen LogP contribution is 2.59. The van der Waals surface area contributed by atoms with E-state index in [1.165, 1.54) is 71.6 Å². The summed E-state index contributed by atoms with van der Waals surface area (Å²) in [5.41, 5.74) is 13.6. The van der Waals surface area contributed by atoms with Crippen LogP contribution < -0.4 is 15.9 Å². The van der Waals surface area contributed by atoms with Crippen molar-refractivity contribution in [2.75, 3.05) is 0 Å². The second-order valence-electron chi connectivity index (χ2n) is 15.2. The fourth-order valence-corrected chi connectivity index (χ4v) is 12.5. The lowest BCUT2D eigenvalue weighted by Gasteiger charge is -2.39. The Hall–Kier alpha value is -6.53. The van der Waals surface area contributed by atoms with Crippen LogP contribution in [0.5, 0.6) is 0 Å². The molecule has 0 saturated heterocycles. The Morgan fingerprint density at radius 3 is 1.46 bits per heavy atom. The topological polar surface area (TPSA) is 17.1 Å². The molecule has 11 rings (SSSR count). The zero-order valence-corrected chi connectivity index (χ0v) is 31.9. The van der Waals surface area contributed by atoms with E-state index in [-0.39, 0.29) is 5.41 Å². The van der Waals surface area contributed by atoms with Gasteiger partial charge < -0.3 is 4.57 Å². The first-order valence-corrected chi connectivity index (χ1v) is 21.1. The maximum atomic E-state index is 15.0. The third-order valence-corrected chi connectivity index (χ3v) is 15.4. The molecular weight excluding hydrogens is 696 g/mol. The number of rotatable bonds is 5.